The summed E-state index contributed by atoms with van der Waals surface area (Å²) in [5.74, 6) is -1.94. The van der Waals surface area contributed by atoms with Crippen LogP contribution in [0.2, 0.25) is 5.02 Å². The van der Waals surface area contributed by atoms with Crippen LogP contribution in [0, 0.1) is 5.82 Å². The molecule has 1 aromatic heterocycles. The monoisotopic (exact) mass is 474 g/mol. The predicted molar refractivity (Wildman–Crippen MR) is 121 cm³/mol. The Morgan fingerprint density at radius 1 is 1.03 bits per heavy atom. The summed E-state index contributed by atoms with van der Waals surface area (Å²) in [5, 5.41) is 0.919. The number of sulfone groups is 1. The largest absolute Gasteiger partial charge is 0.283 e. The van der Waals surface area contributed by atoms with E-state index in [9.17, 15) is 17.6 Å². The van der Waals surface area contributed by atoms with Gasteiger partial charge >= 0.3 is 0 Å². The molecule has 1 amide bonds. The van der Waals surface area contributed by atoms with Crippen molar-refractivity contribution >= 4 is 54.0 Å². The number of amides is 1. The van der Waals surface area contributed by atoms with Gasteiger partial charge < -0.3 is 0 Å². The summed E-state index contributed by atoms with van der Waals surface area (Å²) in [6, 6.07) is 18.8. The van der Waals surface area contributed by atoms with Gasteiger partial charge in [-0.15, -0.1) is 0 Å². The standard InChI is InChI=1S/C22H16ClFN2O3S2/c23-16-6-11-19-20(12-16)30-22(25-19)26(13-15-4-2-1-3-5-15)21(27)14-31(28,29)18-9-7-17(24)8-10-18/h1-12H,13-14H2. The molecule has 0 aliphatic heterocycles. The van der Waals surface area contributed by atoms with E-state index in [1.807, 2.05) is 30.3 Å². The number of carbonyl (C=O) groups is 1. The molecule has 0 N–H and O–H groups in total. The van der Waals surface area contributed by atoms with E-state index in [1.165, 1.54) is 16.2 Å². The minimum Gasteiger partial charge on any atom is -0.283 e. The van der Waals surface area contributed by atoms with Crippen molar-refractivity contribution in [3.8, 4) is 0 Å². The van der Waals surface area contributed by atoms with Crippen molar-refractivity contribution < 1.29 is 17.6 Å². The molecule has 0 aliphatic carbocycles. The van der Waals surface area contributed by atoms with Gasteiger partial charge in [-0.1, -0.05) is 53.3 Å². The zero-order chi connectivity index (χ0) is 22.0. The number of benzene rings is 3. The maximum atomic E-state index is 13.2. The number of thiazole rings is 1. The minimum atomic E-state index is -3.96. The van der Waals surface area contributed by atoms with Gasteiger partial charge in [0.05, 0.1) is 21.7 Å². The zero-order valence-electron chi connectivity index (χ0n) is 16.0. The highest BCUT2D eigenvalue weighted by molar-refractivity contribution is 7.92. The fraction of sp³-hybridized carbons (Fsp3) is 0.0909. The zero-order valence-corrected chi connectivity index (χ0v) is 18.4. The Morgan fingerprint density at radius 3 is 2.45 bits per heavy atom. The van der Waals surface area contributed by atoms with Crippen LogP contribution in [0.25, 0.3) is 10.2 Å². The van der Waals surface area contributed by atoms with Gasteiger partial charge in [-0.05, 0) is 48.0 Å². The molecule has 0 spiro atoms. The molecule has 0 unspecified atom stereocenters. The fourth-order valence-electron chi connectivity index (χ4n) is 3.00. The number of hydrogen-bond donors (Lipinski definition) is 0. The molecule has 158 valence electrons. The van der Waals surface area contributed by atoms with Crippen LogP contribution in [0.5, 0.6) is 0 Å². The quantitative estimate of drug-likeness (QED) is 0.365. The number of aromatic nitrogens is 1. The average molecular weight is 475 g/mol. The molecule has 9 heteroatoms. The Labute approximate surface area is 187 Å². The lowest BCUT2D eigenvalue weighted by Gasteiger charge is -2.20. The lowest BCUT2D eigenvalue weighted by atomic mass is 10.2. The van der Waals surface area contributed by atoms with Crippen molar-refractivity contribution in [2.24, 2.45) is 0 Å². The molecule has 0 saturated carbocycles. The number of halogens is 2. The summed E-state index contributed by atoms with van der Waals surface area (Å²) >= 11 is 7.31. The number of fused-ring (bicyclic) bond motifs is 1. The molecule has 0 fully saturated rings. The summed E-state index contributed by atoms with van der Waals surface area (Å²) in [7, 11) is -3.96. The highest BCUT2D eigenvalue weighted by Gasteiger charge is 2.27. The fourth-order valence-corrected chi connectivity index (χ4v) is 5.45. The van der Waals surface area contributed by atoms with Crippen molar-refractivity contribution in [3.05, 3.63) is 89.2 Å². The van der Waals surface area contributed by atoms with Crippen LogP contribution in [0.3, 0.4) is 0 Å². The Kier molecular flexibility index (Phi) is 6.04. The normalized spacial score (nSPS) is 11.5. The highest BCUT2D eigenvalue weighted by atomic mass is 35.5. The Bertz CT molecular complexity index is 1340. The Balaban J connectivity index is 1.69. The van der Waals surface area contributed by atoms with Crippen LogP contribution in [0.4, 0.5) is 9.52 Å². The van der Waals surface area contributed by atoms with E-state index in [0.717, 1.165) is 34.5 Å². The van der Waals surface area contributed by atoms with Crippen molar-refractivity contribution in [3.63, 3.8) is 0 Å². The maximum Gasteiger partial charge on any atom is 0.244 e. The van der Waals surface area contributed by atoms with E-state index in [1.54, 1.807) is 18.2 Å². The third-order valence-corrected chi connectivity index (χ3v) is 7.43. The van der Waals surface area contributed by atoms with Gasteiger partial charge in [-0.2, -0.15) is 0 Å². The maximum absolute atomic E-state index is 13.2. The van der Waals surface area contributed by atoms with Gasteiger partial charge in [0, 0.05) is 5.02 Å². The van der Waals surface area contributed by atoms with Gasteiger partial charge in [-0.25, -0.2) is 17.8 Å². The van der Waals surface area contributed by atoms with Crippen LogP contribution in [0.1, 0.15) is 5.56 Å². The first-order valence-corrected chi connectivity index (χ1v) is 12.1. The highest BCUT2D eigenvalue weighted by Crippen LogP contribution is 2.32. The second-order valence-corrected chi connectivity index (χ2v) is 10.2. The number of rotatable bonds is 6. The first kappa shape index (κ1) is 21.4. The van der Waals surface area contributed by atoms with Crippen molar-refractivity contribution in [2.75, 3.05) is 10.7 Å². The molecule has 1 heterocycles. The molecule has 0 aliphatic rings. The number of hydrogen-bond acceptors (Lipinski definition) is 5. The van der Waals surface area contributed by atoms with Crippen LogP contribution >= 0.6 is 22.9 Å². The molecular weight excluding hydrogens is 459 g/mol. The molecule has 0 radical (unpaired) electrons. The van der Waals surface area contributed by atoms with Crippen LogP contribution in [-0.4, -0.2) is 25.1 Å². The second-order valence-electron chi connectivity index (χ2n) is 6.79. The van der Waals surface area contributed by atoms with Crippen LogP contribution in [-0.2, 0) is 21.2 Å². The molecule has 0 saturated heterocycles. The first-order chi connectivity index (χ1) is 14.8. The van der Waals surface area contributed by atoms with Gasteiger partial charge in [0.25, 0.3) is 0 Å². The molecule has 3 aromatic carbocycles. The summed E-state index contributed by atoms with van der Waals surface area (Å²) in [5.41, 5.74) is 1.49. The first-order valence-electron chi connectivity index (χ1n) is 9.20. The minimum absolute atomic E-state index is 0.113. The average Bonchev–Trinajstić information content (AvgIpc) is 3.15. The third kappa shape index (κ3) is 4.92. The number of carbonyl (C=O) groups excluding carboxylic acids is 1. The lowest BCUT2D eigenvalue weighted by molar-refractivity contribution is -0.116. The topological polar surface area (TPSA) is 67.3 Å². The third-order valence-electron chi connectivity index (χ3n) is 4.54. The molecule has 0 bridgehead atoms. The van der Waals surface area contributed by atoms with Gasteiger partial charge in [0.2, 0.25) is 5.91 Å². The molecule has 31 heavy (non-hydrogen) atoms. The molecular formula is C22H16ClFN2O3S2. The van der Waals surface area contributed by atoms with E-state index in [-0.39, 0.29) is 11.4 Å². The van der Waals surface area contributed by atoms with E-state index < -0.39 is 27.3 Å². The van der Waals surface area contributed by atoms with Gasteiger partial charge in [0.15, 0.2) is 15.0 Å². The Morgan fingerprint density at radius 2 is 1.74 bits per heavy atom. The molecule has 4 aromatic rings. The molecule has 5 nitrogen and oxygen atoms in total. The number of nitrogens with zero attached hydrogens (tertiary/aromatic N) is 2. The predicted octanol–water partition coefficient (Wildman–Crippen LogP) is 5.10. The lowest BCUT2D eigenvalue weighted by Crippen LogP contribution is -2.35. The van der Waals surface area contributed by atoms with E-state index in [2.05, 4.69) is 4.98 Å². The second kappa shape index (κ2) is 8.74. The Hall–Kier alpha value is -2.81. The molecule has 4 rings (SSSR count). The van der Waals surface area contributed by atoms with Gasteiger partial charge in [-0.3, -0.25) is 9.69 Å². The van der Waals surface area contributed by atoms with Crippen molar-refractivity contribution in [1.82, 2.24) is 4.98 Å². The van der Waals surface area contributed by atoms with Crippen LogP contribution in [0.15, 0.2) is 77.7 Å². The SMILES string of the molecule is O=C(CS(=O)(=O)c1ccc(F)cc1)N(Cc1ccccc1)c1nc2ccc(Cl)cc2s1. The smallest absolute Gasteiger partial charge is 0.244 e. The van der Waals surface area contributed by atoms with Crippen molar-refractivity contribution in [2.45, 2.75) is 11.4 Å². The summed E-state index contributed by atoms with van der Waals surface area (Å²) in [6.45, 7) is 0.159. The summed E-state index contributed by atoms with van der Waals surface area (Å²) in [4.78, 5) is 18.9. The summed E-state index contributed by atoms with van der Waals surface area (Å²) in [6.07, 6.45) is 0. The van der Waals surface area contributed by atoms with E-state index in [4.69, 9.17) is 11.6 Å². The van der Waals surface area contributed by atoms with Crippen LogP contribution < -0.4 is 4.90 Å². The molecule has 0 atom stereocenters. The number of anilines is 1. The van der Waals surface area contributed by atoms with E-state index in [0.29, 0.717) is 15.7 Å². The summed E-state index contributed by atoms with van der Waals surface area (Å²) < 4.78 is 39.5. The van der Waals surface area contributed by atoms with E-state index >= 15 is 0 Å². The van der Waals surface area contributed by atoms with Gasteiger partial charge in [0.1, 0.15) is 11.6 Å². The van der Waals surface area contributed by atoms with Crippen molar-refractivity contribution in [1.29, 1.82) is 0 Å².